The molecule has 3 atom stereocenters. The number of hydrogen-bond acceptors (Lipinski definition) is 3. The fraction of sp³-hybridized carbons (Fsp3) is 0.278. The van der Waals surface area contributed by atoms with Crippen molar-refractivity contribution in [1.82, 2.24) is 5.32 Å². The number of nitrogens with one attached hydrogen (secondary N) is 1. The molecule has 126 valence electrons. The van der Waals surface area contributed by atoms with Crippen LogP contribution in [0.3, 0.4) is 0 Å². The van der Waals surface area contributed by atoms with Gasteiger partial charge in [-0.3, -0.25) is 10.1 Å². The Hall–Kier alpha value is -2.31. The Kier molecular flexibility index (Phi) is 4.87. The molecule has 3 rings (SSSR count). The summed E-state index contributed by atoms with van der Waals surface area (Å²) in [7, 11) is 0. The number of carbonyl (C=O) groups is 1. The lowest BCUT2D eigenvalue weighted by Gasteiger charge is -2.25. The maximum absolute atomic E-state index is 13.5. The molecule has 6 heteroatoms. The second-order valence-electron chi connectivity index (χ2n) is 5.77. The van der Waals surface area contributed by atoms with Gasteiger partial charge in [0.15, 0.2) is 11.6 Å². The Bertz CT molecular complexity index is 724. The number of benzene rings is 2. The number of nitrogens with two attached hydrogens (primary N) is 1. The molecule has 2 aromatic rings. The number of carbonyl (C=O) groups excluding carboxylic acids is 1. The second kappa shape index (κ2) is 7.07. The Morgan fingerprint density at radius 2 is 1.92 bits per heavy atom. The molecular weight excluding hydrogens is 314 g/mol. The minimum absolute atomic E-state index is 0.229. The van der Waals surface area contributed by atoms with Gasteiger partial charge in [-0.1, -0.05) is 36.4 Å². The average molecular weight is 332 g/mol. The van der Waals surface area contributed by atoms with Crippen LogP contribution in [0.2, 0.25) is 0 Å². The van der Waals surface area contributed by atoms with Crippen LogP contribution in [0.5, 0.6) is 0 Å². The van der Waals surface area contributed by atoms with Crippen LogP contribution in [0.25, 0.3) is 0 Å². The first kappa shape index (κ1) is 16.5. The lowest BCUT2D eigenvalue weighted by molar-refractivity contribution is -0.120. The number of hydrogen-bond donors (Lipinski definition) is 2. The third-order valence-corrected chi connectivity index (χ3v) is 4.16. The third kappa shape index (κ3) is 3.44. The predicted molar refractivity (Wildman–Crippen MR) is 85.0 cm³/mol. The van der Waals surface area contributed by atoms with Crippen LogP contribution in [-0.4, -0.2) is 18.6 Å². The summed E-state index contributed by atoms with van der Waals surface area (Å²) in [6.45, 7) is 0.460. The number of ether oxygens (including phenoxy) is 1. The first-order valence-corrected chi connectivity index (χ1v) is 7.73. The van der Waals surface area contributed by atoms with Crippen LogP contribution >= 0.6 is 0 Å². The van der Waals surface area contributed by atoms with E-state index in [1.54, 1.807) is 0 Å². The highest BCUT2D eigenvalue weighted by Crippen LogP contribution is 2.31. The zero-order valence-electron chi connectivity index (χ0n) is 12.9. The summed E-state index contributed by atoms with van der Waals surface area (Å²) in [5, 5.41) is 3.20. The topological polar surface area (TPSA) is 64.4 Å². The van der Waals surface area contributed by atoms with Crippen molar-refractivity contribution in [3.05, 3.63) is 71.3 Å². The van der Waals surface area contributed by atoms with Crippen LogP contribution in [0.15, 0.2) is 48.5 Å². The number of rotatable bonds is 5. The lowest BCUT2D eigenvalue weighted by atomic mass is 9.99. The summed E-state index contributed by atoms with van der Waals surface area (Å²) in [5.41, 5.74) is 6.80. The van der Waals surface area contributed by atoms with Crippen LogP contribution in [0.4, 0.5) is 8.78 Å². The summed E-state index contributed by atoms with van der Waals surface area (Å²) < 4.78 is 32.3. The van der Waals surface area contributed by atoms with Gasteiger partial charge in [-0.05, 0) is 29.7 Å². The molecule has 1 saturated heterocycles. The molecule has 1 amide bonds. The van der Waals surface area contributed by atoms with E-state index in [0.29, 0.717) is 18.6 Å². The van der Waals surface area contributed by atoms with E-state index in [1.165, 1.54) is 6.07 Å². The van der Waals surface area contributed by atoms with E-state index in [2.05, 4.69) is 5.32 Å². The van der Waals surface area contributed by atoms with E-state index in [4.69, 9.17) is 10.5 Å². The highest BCUT2D eigenvalue weighted by atomic mass is 19.2. The molecule has 24 heavy (non-hydrogen) atoms. The van der Waals surface area contributed by atoms with Crippen LogP contribution < -0.4 is 11.1 Å². The molecule has 0 unspecified atom stereocenters. The largest absolute Gasteiger partial charge is 0.372 e. The van der Waals surface area contributed by atoms with Gasteiger partial charge in [0.25, 0.3) is 0 Å². The van der Waals surface area contributed by atoms with Gasteiger partial charge in [0, 0.05) is 12.6 Å². The van der Waals surface area contributed by atoms with E-state index < -0.39 is 29.7 Å². The van der Waals surface area contributed by atoms with Crippen molar-refractivity contribution >= 4 is 5.91 Å². The van der Waals surface area contributed by atoms with E-state index in [9.17, 15) is 13.6 Å². The fourth-order valence-electron chi connectivity index (χ4n) is 2.98. The minimum Gasteiger partial charge on any atom is -0.372 e. The summed E-state index contributed by atoms with van der Waals surface area (Å²) >= 11 is 0. The summed E-state index contributed by atoms with van der Waals surface area (Å²) in [5.74, 6) is -2.33. The Balaban J connectivity index is 1.82. The van der Waals surface area contributed by atoms with Gasteiger partial charge >= 0.3 is 0 Å². The van der Waals surface area contributed by atoms with Crippen molar-refractivity contribution in [1.29, 1.82) is 0 Å². The second-order valence-corrected chi connectivity index (χ2v) is 5.77. The third-order valence-electron chi connectivity index (χ3n) is 4.16. The Morgan fingerprint density at radius 1 is 1.17 bits per heavy atom. The van der Waals surface area contributed by atoms with Crippen molar-refractivity contribution in [2.75, 3.05) is 6.61 Å². The van der Waals surface area contributed by atoms with Crippen molar-refractivity contribution in [3.8, 4) is 0 Å². The van der Waals surface area contributed by atoms with E-state index in [-0.39, 0.29) is 6.04 Å². The first-order chi connectivity index (χ1) is 11.6. The number of halogens is 2. The Labute approximate surface area is 138 Å². The highest BCUT2D eigenvalue weighted by molar-refractivity contribution is 5.81. The van der Waals surface area contributed by atoms with E-state index in [1.807, 2.05) is 30.3 Å². The van der Waals surface area contributed by atoms with Crippen molar-refractivity contribution < 1.29 is 18.3 Å². The number of primary amides is 1. The molecule has 0 saturated carbocycles. The lowest BCUT2D eigenvalue weighted by Crippen LogP contribution is -2.41. The van der Waals surface area contributed by atoms with Crippen molar-refractivity contribution in [2.45, 2.75) is 24.6 Å². The van der Waals surface area contributed by atoms with Crippen molar-refractivity contribution in [2.24, 2.45) is 5.73 Å². The summed E-state index contributed by atoms with van der Waals surface area (Å²) in [4.78, 5) is 11.8. The maximum atomic E-state index is 13.5. The molecule has 1 fully saturated rings. The van der Waals surface area contributed by atoms with Crippen molar-refractivity contribution in [3.63, 3.8) is 0 Å². The van der Waals surface area contributed by atoms with Crippen LogP contribution in [0, 0.1) is 11.6 Å². The summed E-state index contributed by atoms with van der Waals surface area (Å²) in [6.07, 6.45) is 0.172. The van der Waals surface area contributed by atoms with Gasteiger partial charge in [-0.2, -0.15) is 0 Å². The molecule has 4 nitrogen and oxygen atoms in total. The molecule has 0 bridgehead atoms. The van der Waals surface area contributed by atoms with Gasteiger partial charge in [0.05, 0.1) is 6.10 Å². The van der Waals surface area contributed by atoms with E-state index in [0.717, 1.165) is 17.7 Å². The normalized spacial score (nSPS) is 21.6. The van der Waals surface area contributed by atoms with E-state index >= 15 is 0 Å². The quantitative estimate of drug-likeness (QED) is 0.885. The molecule has 0 spiro atoms. The Morgan fingerprint density at radius 3 is 2.58 bits per heavy atom. The zero-order valence-corrected chi connectivity index (χ0v) is 12.9. The molecule has 2 aromatic carbocycles. The molecule has 0 radical (unpaired) electrons. The van der Waals surface area contributed by atoms with Crippen LogP contribution in [0.1, 0.15) is 29.7 Å². The standard InChI is InChI=1S/C18H18F2N2O2/c19-13-7-6-12(10-14(13)20)17-15(8-9-24-17)22-16(18(21)23)11-4-2-1-3-5-11/h1-7,10,15-17,22H,8-9H2,(H2,21,23)/t15-,16+,17-/m0/s1. The van der Waals surface area contributed by atoms with Gasteiger partial charge in [-0.15, -0.1) is 0 Å². The zero-order chi connectivity index (χ0) is 17.1. The van der Waals surface area contributed by atoms with Crippen LogP contribution in [-0.2, 0) is 9.53 Å². The molecular formula is C18H18F2N2O2. The molecule has 1 heterocycles. The maximum Gasteiger partial charge on any atom is 0.239 e. The molecule has 3 N–H and O–H groups in total. The smallest absolute Gasteiger partial charge is 0.239 e. The minimum atomic E-state index is -0.920. The molecule has 1 aliphatic heterocycles. The molecule has 1 aliphatic rings. The number of amides is 1. The fourth-order valence-corrected chi connectivity index (χ4v) is 2.98. The van der Waals surface area contributed by atoms with Gasteiger partial charge < -0.3 is 10.5 Å². The highest BCUT2D eigenvalue weighted by Gasteiger charge is 2.33. The van der Waals surface area contributed by atoms with Gasteiger partial charge in [-0.25, -0.2) is 8.78 Å². The van der Waals surface area contributed by atoms with Gasteiger partial charge in [0.2, 0.25) is 5.91 Å². The predicted octanol–water partition coefficient (Wildman–Crippen LogP) is 2.61. The monoisotopic (exact) mass is 332 g/mol. The SMILES string of the molecule is NC(=O)[C@H](N[C@H]1CCO[C@H]1c1ccc(F)c(F)c1)c1ccccc1. The average Bonchev–Trinajstić information content (AvgIpc) is 3.04. The molecule has 0 aliphatic carbocycles. The first-order valence-electron chi connectivity index (χ1n) is 7.73. The summed E-state index contributed by atoms with van der Waals surface area (Å²) in [6, 6.07) is 11.9. The molecule has 0 aromatic heterocycles. The van der Waals surface area contributed by atoms with Gasteiger partial charge in [0.1, 0.15) is 6.04 Å².